The number of hydrogen-bond donors (Lipinski definition) is 1. The molecule has 1 atom stereocenters. The first-order valence-electron chi connectivity index (χ1n) is 9.08. The third-order valence-electron chi connectivity index (χ3n) is 4.36. The second-order valence-corrected chi connectivity index (χ2v) is 7.82. The molecule has 0 fully saturated rings. The van der Waals surface area contributed by atoms with Gasteiger partial charge >= 0.3 is 4.87 Å². The minimum Gasteiger partial charge on any atom is -0.481 e. The number of thiazole rings is 1. The first-order chi connectivity index (χ1) is 12.9. The highest BCUT2D eigenvalue weighted by Crippen LogP contribution is 2.24. The van der Waals surface area contributed by atoms with E-state index in [1.54, 1.807) is 4.57 Å². The first-order valence-corrected chi connectivity index (χ1v) is 9.90. The van der Waals surface area contributed by atoms with Crippen LogP contribution in [0.5, 0.6) is 5.75 Å². The van der Waals surface area contributed by atoms with Crippen LogP contribution < -0.4 is 14.9 Å². The second kappa shape index (κ2) is 7.96. The zero-order chi connectivity index (χ0) is 19.6. The lowest BCUT2D eigenvalue weighted by molar-refractivity contribution is -0.122. The molecule has 0 radical (unpaired) electrons. The number of anilines is 1. The van der Waals surface area contributed by atoms with Gasteiger partial charge in [0.15, 0.2) is 6.10 Å². The molecule has 5 nitrogen and oxygen atoms in total. The topological polar surface area (TPSA) is 60.3 Å². The highest BCUT2D eigenvalue weighted by molar-refractivity contribution is 7.16. The molecule has 0 spiro atoms. The molecule has 0 aliphatic rings. The van der Waals surface area contributed by atoms with Gasteiger partial charge in [-0.1, -0.05) is 36.0 Å². The maximum absolute atomic E-state index is 12.6. The third-order valence-corrected chi connectivity index (χ3v) is 5.28. The van der Waals surface area contributed by atoms with Crippen LogP contribution in [0.1, 0.15) is 38.8 Å². The van der Waals surface area contributed by atoms with E-state index in [1.165, 1.54) is 11.3 Å². The molecule has 2 aromatic carbocycles. The van der Waals surface area contributed by atoms with Crippen LogP contribution >= 0.6 is 11.3 Å². The molecule has 0 aliphatic carbocycles. The van der Waals surface area contributed by atoms with E-state index in [9.17, 15) is 9.59 Å². The van der Waals surface area contributed by atoms with Crippen molar-refractivity contribution in [3.05, 3.63) is 57.7 Å². The van der Waals surface area contributed by atoms with Crippen molar-refractivity contribution in [1.29, 1.82) is 0 Å². The van der Waals surface area contributed by atoms with E-state index in [2.05, 4.69) is 5.32 Å². The first kappa shape index (κ1) is 19.2. The molecule has 1 unspecified atom stereocenters. The smallest absolute Gasteiger partial charge is 0.308 e. The van der Waals surface area contributed by atoms with Crippen LogP contribution in [0.4, 0.5) is 5.69 Å². The number of carbonyl (C=O) groups excluding carboxylic acids is 1. The van der Waals surface area contributed by atoms with Crippen LogP contribution in [0.15, 0.2) is 47.3 Å². The number of aromatic nitrogens is 1. The summed E-state index contributed by atoms with van der Waals surface area (Å²) in [4.78, 5) is 24.8. The molecule has 3 rings (SSSR count). The minimum absolute atomic E-state index is 0.0117. The van der Waals surface area contributed by atoms with Crippen molar-refractivity contribution in [3.8, 4) is 5.75 Å². The van der Waals surface area contributed by atoms with Crippen LogP contribution in [-0.4, -0.2) is 16.6 Å². The summed E-state index contributed by atoms with van der Waals surface area (Å²) in [7, 11) is 0. The third kappa shape index (κ3) is 4.22. The van der Waals surface area contributed by atoms with E-state index in [1.807, 2.05) is 70.2 Å². The van der Waals surface area contributed by atoms with Crippen molar-refractivity contribution in [2.24, 2.45) is 0 Å². The van der Waals surface area contributed by atoms with Crippen LogP contribution in [0, 0.1) is 6.92 Å². The Balaban J connectivity index is 1.77. The number of ether oxygens (including phenoxy) is 1. The highest BCUT2D eigenvalue weighted by atomic mass is 32.1. The van der Waals surface area contributed by atoms with Crippen molar-refractivity contribution >= 4 is 33.1 Å². The second-order valence-electron chi connectivity index (χ2n) is 6.83. The van der Waals surface area contributed by atoms with Gasteiger partial charge in [0.2, 0.25) is 0 Å². The van der Waals surface area contributed by atoms with Gasteiger partial charge in [-0.25, -0.2) is 0 Å². The Morgan fingerprint density at radius 1 is 1.19 bits per heavy atom. The van der Waals surface area contributed by atoms with Crippen molar-refractivity contribution in [3.63, 3.8) is 0 Å². The maximum Gasteiger partial charge on any atom is 0.308 e. The standard InChI is InChI=1S/C21H24N2O3S/c1-5-18(26-16-9-6-14(4)7-10-16)20(24)22-15-8-11-17-19(12-15)27-21(25)23(17)13(2)3/h6-13,18H,5H2,1-4H3,(H,22,24). The number of benzene rings is 2. The maximum atomic E-state index is 12.6. The van der Waals surface area contributed by atoms with E-state index < -0.39 is 6.10 Å². The summed E-state index contributed by atoms with van der Waals surface area (Å²) in [5, 5.41) is 2.91. The van der Waals surface area contributed by atoms with E-state index in [-0.39, 0.29) is 16.8 Å². The van der Waals surface area contributed by atoms with Crippen LogP contribution in [0.25, 0.3) is 10.2 Å². The number of fused-ring (bicyclic) bond motifs is 1. The predicted molar refractivity (Wildman–Crippen MR) is 111 cm³/mol. The van der Waals surface area contributed by atoms with Gasteiger partial charge in [-0.05, 0) is 57.5 Å². The van der Waals surface area contributed by atoms with Gasteiger partial charge < -0.3 is 10.1 Å². The minimum atomic E-state index is -0.581. The Labute approximate surface area is 162 Å². The van der Waals surface area contributed by atoms with E-state index in [4.69, 9.17) is 4.74 Å². The lowest BCUT2D eigenvalue weighted by Gasteiger charge is -2.17. The fourth-order valence-corrected chi connectivity index (χ4v) is 3.98. The zero-order valence-electron chi connectivity index (χ0n) is 16.0. The largest absolute Gasteiger partial charge is 0.481 e. The van der Waals surface area contributed by atoms with Crippen molar-refractivity contribution in [2.45, 2.75) is 46.3 Å². The molecular weight excluding hydrogens is 360 g/mol. The monoisotopic (exact) mass is 384 g/mol. The van der Waals surface area contributed by atoms with Gasteiger partial charge in [-0.15, -0.1) is 0 Å². The Hall–Kier alpha value is -2.60. The molecule has 1 amide bonds. The Bertz CT molecular complexity index is 1000. The molecule has 27 heavy (non-hydrogen) atoms. The van der Waals surface area contributed by atoms with Gasteiger partial charge in [0.05, 0.1) is 10.2 Å². The summed E-state index contributed by atoms with van der Waals surface area (Å²) in [6.07, 6.45) is -0.0265. The number of nitrogens with zero attached hydrogens (tertiary/aromatic N) is 1. The molecule has 1 N–H and O–H groups in total. The fraction of sp³-hybridized carbons (Fsp3) is 0.333. The molecule has 0 bridgehead atoms. The van der Waals surface area contributed by atoms with Gasteiger partial charge in [-0.3, -0.25) is 14.2 Å². The molecule has 0 saturated carbocycles. The van der Waals surface area contributed by atoms with Gasteiger partial charge in [0, 0.05) is 11.7 Å². The Morgan fingerprint density at radius 3 is 2.52 bits per heavy atom. The number of rotatable bonds is 6. The molecule has 0 aliphatic heterocycles. The van der Waals surface area contributed by atoms with Crippen molar-refractivity contribution in [1.82, 2.24) is 4.57 Å². The summed E-state index contributed by atoms with van der Waals surface area (Å²) in [5.41, 5.74) is 2.69. The highest BCUT2D eigenvalue weighted by Gasteiger charge is 2.19. The number of hydrogen-bond acceptors (Lipinski definition) is 4. The summed E-state index contributed by atoms with van der Waals surface area (Å²) in [6, 6.07) is 13.3. The molecule has 0 saturated heterocycles. The summed E-state index contributed by atoms with van der Waals surface area (Å²) in [5.74, 6) is 0.471. The number of carbonyl (C=O) groups is 1. The van der Waals surface area contributed by atoms with Crippen LogP contribution in [0.3, 0.4) is 0 Å². The summed E-state index contributed by atoms with van der Waals surface area (Å²) in [6.45, 7) is 7.88. The number of aryl methyl sites for hydroxylation is 1. The summed E-state index contributed by atoms with van der Waals surface area (Å²) < 4.78 is 8.46. The molecule has 1 heterocycles. The number of nitrogens with one attached hydrogen (secondary N) is 1. The number of amides is 1. The molecule has 3 aromatic rings. The molecule has 142 valence electrons. The Morgan fingerprint density at radius 2 is 1.89 bits per heavy atom. The van der Waals surface area contributed by atoms with Gasteiger partial charge in [0.1, 0.15) is 5.75 Å². The molecule has 1 aromatic heterocycles. The Kier molecular flexibility index (Phi) is 5.65. The average Bonchev–Trinajstić information content (AvgIpc) is 2.96. The summed E-state index contributed by atoms with van der Waals surface area (Å²) >= 11 is 1.19. The SMILES string of the molecule is CCC(Oc1ccc(C)cc1)C(=O)Nc1ccc2c(c1)sc(=O)n2C(C)C. The van der Waals surface area contributed by atoms with E-state index in [0.717, 1.165) is 15.8 Å². The lowest BCUT2D eigenvalue weighted by atomic mass is 10.2. The van der Waals surface area contributed by atoms with E-state index in [0.29, 0.717) is 17.9 Å². The van der Waals surface area contributed by atoms with Crippen molar-refractivity contribution < 1.29 is 9.53 Å². The predicted octanol–water partition coefficient (Wildman–Crippen LogP) is 4.75. The van der Waals surface area contributed by atoms with Crippen LogP contribution in [-0.2, 0) is 4.79 Å². The van der Waals surface area contributed by atoms with Crippen molar-refractivity contribution in [2.75, 3.05) is 5.32 Å². The average molecular weight is 385 g/mol. The van der Waals surface area contributed by atoms with Gasteiger partial charge in [0.25, 0.3) is 5.91 Å². The molecule has 6 heteroatoms. The van der Waals surface area contributed by atoms with Gasteiger partial charge in [-0.2, -0.15) is 0 Å². The lowest BCUT2D eigenvalue weighted by Crippen LogP contribution is -2.32. The fourth-order valence-electron chi connectivity index (χ4n) is 2.93. The van der Waals surface area contributed by atoms with E-state index >= 15 is 0 Å². The zero-order valence-corrected chi connectivity index (χ0v) is 16.8. The quantitative estimate of drug-likeness (QED) is 0.667. The molecular formula is C21H24N2O3S. The normalized spacial score (nSPS) is 12.3. The van der Waals surface area contributed by atoms with Crippen LogP contribution in [0.2, 0.25) is 0 Å².